The van der Waals surface area contributed by atoms with E-state index < -0.39 is 0 Å². The Morgan fingerprint density at radius 3 is 2.42 bits per heavy atom. The predicted octanol–water partition coefficient (Wildman–Crippen LogP) is 1.70. The van der Waals surface area contributed by atoms with Crippen molar-refractivity contribution in [3.8, 4) is 0 Å². The van der Waals surface area contributed by atoms with E-state index in [1.807, 2.05) is 0 Å². The Hall–Kier alpha value is -0.610. The Morgan fingerprint density at radius 1 is 1.21 bits per heavy atom. The second kappa shape index (κ2) is 6.23. The van der Waals surface area contributed by atoms with E-state index in [9.17, 15) is 4.79 Å². The Morgan fingerprint density at radius 2 is 1.84 bits per heavy atom. The molecule has 110 valence electrons. The normalized spacial score (nSPS) is 25.2. The molecule has 2 aliphatic rings. The molecule has 1 saturated carbocycles. The third kappa shape index (κ3) is 3.48. The van der Waals surface area contributed by atoms with Crippen LogP contribution < -0.4 is 10.6 Å². The molecule has 4 heteroatoms. The minimum absolute atomic E-state index is 0.124. The monoisotopic (exact) mass is 268 g/mol. The molecular formula is C15H28N2O2. The number of carbonyl (C=O) groups is 1. The van der Waals surface area contributed by atoms with Gasteiger partial charge in [-0.25, -0.2) is 0 Å². The molecule has 1 saturated heterocycles. The van der Waals surface area contributed by atoms with Crippen molar-refractivity contribution in [2.75, 3.05) is 33.4 Å². The number of rotatable bonds is 5. The highest BCUT2D eigenvalue weighted by molar-refractivity contribution is 5.82. The molecule has 2 rings (SSSR count). The summed E-state index contributed by atoms with van der Waals surface area (Å²) in [6.45, 7) is 5.66. The fourth-order valence-corrected chi connectivity index (χ4v) is 3.50. The van der Waals surface area contributed by atoms with Crippen molar-refractivity contribution in [1.82, 2.24) is 10.6 Å². The van der Waals surface area contributed by atoms with Gasteiger partial charge in [0, 0.05) is 24.5 Å². The van der Waals surface area contributed by atoms with Crippen LogP contribution in [0.4, 0.5) is 0 Å². The zero-order valence-corrected chi connectivity index (χ0v) is 12.4. The first-order valence-corrected chi connectivity index (χ1v) is 7.58. The van der Waals surface area contributed by atoms with Gasteiger partial charge in [-0.15, -0.1) is 0 Å². The van der Waals surface area contributed by atoms with Gasteiger partial charge in [-0.2, -0.15) is 0 Å². The zero-order chi connectivity index (χ0) is 13.8. The van der Waals surface area contributed by atoms with Crippen LogP contribution in [0.1, 0.15) is 45.4 Å². The van der Waals surface area contributed by atoms with Gasteiger partial charge < -0.3 is 15.4 Å². The van der Waals surface area contributed by atoms with Crippen LogP contribution in [-0.4, -0.2) is 39.3 Å². The number of hydrogen-bond acceptors (Lipinski definition) is 3. The number of amides is 1. The molecule has 0 aromatic rings. The summed E-state index contributed by atoms with van der Waals surface area (Å²) in [7, 11) is 1.75. The Balaban J connectivity index is 1.89. The maximum Gasteiger partial charge on any atom is 0.225 e. The van der Waals surface area contributed by atoms with Crippen molar-refractivity contribution in [3.05, 3.63) is 0 Å². The lowest BCUT2D eigenvalue weighted by atomic mass is 9.79. The molecule has 0 unspecified atom stereocenters. The van der Waals surface area contributed by atoms with Crippen molar-refractivity contribution in [2.24, 2.45) is 10.8 Å². The molecule has 2 N–H and O–H groups in total. The maximum atomic E-state index is 12.4. The molecule has 0 spiro atoms. The van der Waals surface area contributed by atoms with Crippen molar-refractivity contribution in [2.45, 2.75) is 45.4 Å². The van der Waals surface area contributed by atoms with E-state index in [1.165, 1.54) is 12.8 Å². The van der Waals surface area contributed by atoms with Crippen LogP contribution in [0.3, 0.4) is 0 Å². The smallest absolute Gasteiger partial charge is 0.225 e. The molecule has 1 amide bonds. The van der Waals surface area contributed by atoms with Gasteiger partial charge in [-0.1, -0.05) is 19.8 Å². The summed E-state index contributed by atoms with van der Waals surface area (Å²) in [5, 5.41) is 6.59. The second-order valence-electron chi connectivity index (χ2n) is 6.63. The average molecular weight is 268 g/mol. The molecule has 0 aromatic carbocycles. The first kappa shape index (κ1) is 14.8. The summed E-state index contributed by atoms with van der Waals surface area (Å²) < 4.78 is 5.39. The van der Waals surface area contributed by atoms with Crippen LogP contribution in [0.5, 0.6) is 0 Å². The number of piperidine rings is 1. The van der Waals surface area contributed by atoms with Gasteiger partial charge in [0.2, 0.25) is 5.91 Å². The number of carbonyl (C=O) groups excluding carboxylic acids is 1. The molecule has 0 bridgehead atoms. The van der Waals surface area contributed by atoms with Gasteiger partial charge in [0.05, 0.1) is 6.61 Å². The third-order valence-electron chi connectivity index (χ3n) is 4.99. The minimum Gasteiger partial charge on any atom is -0.384 e. The van der Waals surface area contributed by atoms with Crippen LogP contribution in [0.25, 0.3) is 0 Å². The molecule has 0 atom stereocenters. The summed E-state index contributed by atoms with van der Waals surface area (Å²) in [6.07, 6.45) is 6.62. The Labute approximate surface area is 116 Å². The van der Waals surface area contributed by atoms with Crippen molar-refractivity contribution in [1.29, 1.82) is 0 Å². The predicted molar refractivity (Wildman–Crippen MR) is 76.0 cm³/mol. The quantitative estimate of drug-likeness (QED) is 0.798. The summed E-state index contributed by atoms with van der Waals surface area (Å²) in [5.41, 5.74) is 0.00576. The largest absolute Gasteiger partial charge is 0.384 e. The van der Waals surface area contributed by atoms with Gasteiger partial charge in [0.1, 0.15) is 0 Å². The van der Waals surface area contributed by atoms with Crippen LogP contribution in [0, 0.1) is 10.8 Å². The van der Waals surface area contributed by atoms with Gasteiger partial charge in [-0.3, -0.25) is 4.79 Å². The molecule has 1 aliphatic carbocycles. The molecule has 4 nitrogen and oxygen atoms in total. The van der Waals surface area contributed by atoms with E-state index in [0.29, 0.717) is 0 Å². The number of ether oxygens (including phenoxy) is 1. The van der Waals surface area contributed by atoms with Crippen molar-refractivity contribution in [3.63, 3.8) is 0 Å². The van der Waals surface area contributed by atoms with Crippen LogP contribution >= 0.6 is 0 Å². The van der Waals surface area contributed by atoms with Gasteiger partial charge in [0.25, 0.3) is 0 Å². The average Bonchev–Trinajstić information content (AvgIpc) is 2.86. The molecule has 1 aliphatic heterocycles. The van der Waals surface area contributed by atoms with E-state index >= 15 is 0 Å². The van der Waals surface area contributed by atoms with E-state index in [1.54, 1.807) is 7.11 Å². The highest BCUT2D eigenvalue weighted by Crippen LogP contribution is 2.38. The standard InChI is InChI=1S/C15H28N2O2/c1-14(5-3-4-6-14)13(18)17-11-15(12-19-2)7-9-16-10-8-15/h16H,3-12H2,1-2H3,(H,17,18). The third-order valence-corrected chi connectivity index (χ3v) is 4.99. The summed E-state index contributed by atoms with van der Waals surface area (Å²) in [5.74, 6) is 0.249. The maximum absolute atomic E-state index is 12.4. The number of nitrogens with one attached hydrogen (secondary N) is 2. The first-order chi connectivity index (χ1) is 9.10. The second-order valence-corrected chi connectivity index (χ2v) is 6.63. The molecule has 19 heavy (non-hydrogen) atoms. The van der Waals surface area contributed by atoms with Crippen molar-refractivity contribution >= 4 is 5.91 Å². The minimum atomic E-state index is -0.124. The van der Waals surface area contributed by atoms with Gasteiger partial charge in [-0.05, 0) is 38.8 Å². The molecule has 0 radical (unpaired) electrons. The van der Waals surface area contributed by atoms with Gasteiger partial charge in [0.15, 0.2) is 0 Å². The van der Waals surface area contributed by atoms with E-state index in [2.05, 4.69) is 17.6 Å². The Kier molecular flexibility index (Phi) is 4.85. The lowest BCUT2D eigenvalue weighted by Crippen LogP contribution is -2.49. The number of methoxy groups -OCH3 is 1. The van der Waals surface area contributed by atoms with E-state index in [0.717, 1.165) is 51.9 Å². The van der Waals surface area contributed by atoms with E-state index in [-0.39, 0.29) is 16.7 Å². The van der Waals surface area contributed by atoms with Crippen molar-refractivity contribution < 1.29 is 9.53 Å². The Bertz CT molecular complexity index is 300. The summed E-state index contributed by atoms with van der Waals surface area (Å²) >= 11 is 0. The summed E-state index contributed by atoms with van der Waals surface area (Å²) in [4.78, 5) is 12.4. The SMILES string of the molecule is COCC1(CNC(=O)C2(C)CCCC2)CCNCC1. The highest BCUT2D eigenvalue weighted by atomic mass is 16.5. The highest BCUT2D eigenvalue weighted by Gasteiger charge is 2.38. The topological polar surface area (TPSA) is 50.4 Å². The zero-order valence-electron chi connectivity index (χ0n) is 12.4. The lowest BCUT2D eigenvalue weighted by Gasteiger charge is -2.38. The van der Waals surface area contributed by atoms with Crippen LogP contribution in [-0.2, 0) is 9.53 Å². The molecule has 2 fully saturated rings. The molecule has 1 heterocycles. The fraction of sp³-hybridized carbons (Fsp3) is 0.933. The number of hydrogen-bond donors (Lipinski definition) is 2. The summed E-state index contributed by atoms with van der Waals surface area (Å²) in [6, 6.07) is 0. The molecule has 0 aromatic heterocycles. The molecular weight excluding hydrogens is 240 g/mol. The fourth-order valence-electron chi connectivity index (χ4n) is 3.50. The van der Waals surface area contributed by atoms with Crippen LogP contribution in [0.2, 0.25) is 0 Å². The first-order valence-electron chi connectivity index (χ1n) is 7.58. The van der Waals surface area contributed by atoms with Gasteiger partial charge >= 0.3 is 0 Å². The lowest BCUT2D eigenvalue weighted by molar-refractivity contribution is -0.130. The van der Waals surface area contributed by atoms with E-state index in [4.69, 9.17) is 4.74 Å². The van der Waals surface area contributed by atoms with Crippen LogP contribution in [0.15, 0.2) is 0 Å².